The van der Waals surface area contributed by atoms with E-state index in [0.717, 1.165) is 12.1 Å². The largest absolute Gasteiger partial charge is 0.336 e. The van der Waals surface area contributed by atoms with E-state index in [1.807, 2.05) is 0 Å². The molecule has 74 valence electrons. The van der Waals surface area contributed by atoms with Crippen molar-refractivity contribution < 1.29 is 13.6 Å². The molecule has 2 amide bonds. The minimum atomic E-state index is -0.899. The fourth-order valence-corrected chi connectivity index (χ4v) is 1.39. The van der Waals surface area contributed by atoms with E-state index in [1.54, 1.807) is 0 Å². The number of hydrogen-bond donors (Lipinski definition) is 2. The minimum Gasteiger partial charge on any atom is -0.336 e. The molecule has 1 atom stereocenters. The van der Waals surface area contributed by atoms with Gasteiger partial charge in [0.15, 0.2) is 11.6 Å². The van der Waals surface area contributed by atoms with Gasteiger partial charge in [0.2, 0.25) is 0 Å². The molecular weight excluding hydrogens is 190 g/mol. The summed E-state index contributed by atoms with van der Waals surface area (Å²) in [4.78, 5) is 10.8. The van der Waals surface area contributed by atoms with Crippen molar-refractivity contribution in [2.45, 2.75) is 6.04 Å². The number of amides is 2. The number of rotatable bonds is 1. The summed E-state index contributed by atoms with van der Waals surface area (Å²) in [6.07, 6.45) is 0. The Morgan fingerprint density at radius 2 is 2.07 bits per heavy atom. The number of halogens is 2. The van der Waals surface area contributed by atoms with Crippen molar-refractivity contribution in [1.29, 1.82) is 0 Å². The highest BCUT2D eigenvalue weighted by molar-refractivity contribution is 5.76. The summed E-state index contributed by atoms with van der Waals surface area (Å²) in [5.41, 5.74) is 0.558. The highest BCUT2D eigenvalue weighted by Gasteiger charge is 2.22. The van der Waals surface area contributed by atoms with Crippen LogP contribution in [0.3, 0.4) is 0 Å². The molecule has 0 aliphatic carbocycles. The van der Waals surface area contributed by atoms with Crippen molar-refractivity contribution in [3.05, 3.63) is 35.4 Å². The summed E-state index contributed by atoms with van der Waals surface area (Å²) in [6.45, 7) is 0.393. The van der Waals surface area contributed by atoms with Gasteiger partial charge < -0.3 is 10.6 Å². The van der Waals surface area contributed by atoms with Crippen molar-refractivity contribution in [2.75, 3.05) is 6.54 Å². The number of urea groups is 1. The van der Waals surface area contributed by atoms with Crippen LogP contribution in [0, 0.1) is 11.6 Å². The average Bonchev–Trinajstić information content (AvgIpc) is 2.57. The normalized spacial score (nSPS) is 20.4. The molecule has 1 aliphatic rings. The van der Waals surface area contributed by atoms with E-state index in [4.69, 9.17) is 0 Å². The average molecular weight is 198 g/mol. The third-order valence-electron chi connectivity index (χ3n) is 2.12. The predicted molar refractivity (Wildman–Crippen MR) is 45.6 cm³/mol. The second-order valence-electron chi connectivity index (χ2n) is 3.08. The summed E-state index contributed by atoms with van der Waals surface area (Å²) >= 11 is 0. The van der Waals surface area contributed by atoms with Gasteiger partial charge in [-0.05, 0) is 17.7 Å². The first kappa shape index (κ1) is 8.93. The molecule has 2 N–H and O–H groups in total. The zero-order chi connectivity index (χ0) is 10.1. The number of carbonyl (C=O) groups excluding carboxylic acids is 1. The molecule has 3 nitrogen and oxygen atoms in total. The van der Waals surface area contributed by atoms with Crippen LogP contribution in [0.4, 0.5) is 13.6 Å². The Hall–Kier alpha value is -1.65. The first-order chi connectivity index (χ1) is 6.66. The molecule has 1 aliphatic heterocycles. The molecule has 1 aromatic carbocycles. The standard InChI is InChI=1S/C9H8F2N2O/c10-6-2-1-5(3-7(6)11)8-4-12-9(14)13-8/h1-3,8H,4H2,(H2,12,13,14)/t8-/m1/s1. The van der Waals surface area contributed by atoms with Crippen LogP contribution in [0.5, 0.6) is 0 Å². The zero-order valence-corrected chi connectivity index (χ0v) is 7.18. The molecule has 0 unspecified atom stereocenters. The maximum absolute atomic E-state index is 12.8. The van der Waals surface area contributed by atoms with Crippen molar-refractivity contribution in [2.24, 2.45) is 0 Å². The lowest BCUT2D eigenvalue weighted by Crippen LogP contribution is -2.21. The summed E-state index contributed by atoms with van der Waals surface area (Å²) in [5, 5.41) is 5.11. The van der Waals surface area contributed by atoms with E-state index < -0.39 is 11.6 Å². The molecule has 1 aromatic rings. The van der Waals surface area contributed by atoms with Crippen molar-refractivity contribution in [1.82, 2.24) is 10.6 Å². The molecule has 5 heteroatoms. The zero-order valence-electron chi connectivity index (χ0n) is 7.18. The number of benzene rings is 1. The lowest BCUT2D eigenvalue weighted by molar-refractivity contribution is 0.247. The Morgan fingerprint density at radius 1 is 1.29 bits per heavy atom. The Balaban J connectivity index is 2.24. The number of nitrogens with one attached hydrogen (secondary N) is 2. The third kappa shape index (κ3) is 1.53. The Kier molecular flexibility index (Phi) is 2.07. The van der Waals surface area contributed by atoms with Crippen LogP contribution in [0.25, 0.3) is 0 Å². The van der Waals surface area contributed by atoms with Gasteiger partial charge in [0.05, 0.1) is 6.04 Å². The molecule has 1 saturated heterocycles. The fraction of sp³-hybridized carbons (Fsp3) is 0.222. The molecule has 0 aromatic heterocycles. The molecule has 14 heavy (non-hydrogen) atoms. The quantitative estimate of drug-likeness (QED) is 0.702. The molecule has 0 radical (unpaired) electrons. The Labute approximate surface area is 79.1 Å². The first-order valence-electron chi connectivity index (χ1n) is 4.16. The second kappa shape index (κ2) is 3.25. The molecule has 1 heterocycles. The minimum absolute atomic E-state index is 0.280. The smallest absolute Gasteiger partial charge is 0.315 e. The van der Waals surface area contributed by atoms with E-state index in [9.17, 15) is 13.6 Å². The van der Waals surface area contributed by atoms with Crippen LogP contribution in [-0.2, 0) is 0 Å². The van der Waals surface area contributed by atoms with Gasteiger partial charge in [-0.25, -0.2) is 13.6 Å². The second-order valence-corrected chi connectivity index (χ2v) is 3.08. The van der Waals surface area contributed by atoms with Gasteiger partial charge in [-0.2, -0.15) is 0 Å². The van der Waals surface area contributed by atoms with Crippen LogP contribution in [0.15, 0.2) is 18.2 Å². The van der Waals surface area contributed by atoms with Crippen LogP contribution in [0.1, 0.15) is 11.6 Å². The van der Waals surface area contributed by atoms with Crippen molar-refractivity contribution in [3.63, 3.8) is 0 Å². The van der Waals surface area contributed by atoms with E-state index >= 15 is 0 Å². The SMILES string of the molecule is O=C1NC[C@H](c2ccc(F)c(F)c2)N1. The lowest BCUT2D eigenvalue weighted by Gasteiger charge is -2.08. The highest BCUT2D eigenvalue weighted by atomic mass is 19.2. The van der Waals surface area contributed by atoms with Gasteiger partial charge in [-0.15, -0.1) is 0 Å². The third-order valence-corrected chi connectivity index (χ3v) is 2.12. The molecule has 0 bridgehead atoms. The van der Waals surface area contributed by atoms with E-state index in [-0.39, 0.29) is 12.1 Å². The summed E-state index contributed by atoms with van der Waals surface area (Å²) < 4.78 is 25.4. The van der Waals surface area contributed by atoms with E-state index in [1.165, 1.54) is 6.07 Å². The maximum atomic E-state index is 12.8. The molecule has 0 spiro atoms. The molecular formula is C9H8F2N2O. The number of carbonyl (C=O) groups is 1. The van der Waals surface area contributed by atoms with Gasteiger partial charge in [0.25, 0.3) is 0 Å². The van der Waals surface area contributed by atoms with Crippen LogP contribution < -0.4 is 10.6 Å². The van der Waals surface area contributed by atoms with Crippen LogP contribution in [-0.4, -0.2) is 12.6 Å². The molecule has 1 fully saturated rings. The monoisotopic (exact) mass is 198 g/mol. The van der Waals surface area contributed by atoms with Gasteiger partial charge in [-0.1, -0.05) is 6.07 Å². The summed E-state index contributed by atoms with van der Waals surface area (Å²) in [7, 11) is 0. The summed E-state index contributed by atoms with van der Waals surface area (Å²) in [6, 6.07) is 3.02. The van der Waals surface area contributed by atoms with Crippen molar-refractivity contribution in [3.8, 4) is 0 Å². The van der Waals surface area contributed by atoms with Gasteiger partial charge in [0.1, 0.15) is 0 Å². The van der Waals surface area contributed by atoms with Gasteiger partial charge >= 0.3 is 6.03 Å². The van der Waals surface area contributed by atoms with E-state index in [0.29, 0.717) is 12.1 Å². The Bertz CT molecular complexity index is 381. The van der Waals surface area contributed by atoms with Gasteiger partial charge in [0, 0.05) is 6.54 Å². The summed E-state index contributed by atoms with van der Waals surface area (Å²) in [5.74, 6) is -1.78. The lowest BCUT2D eigenvalue weighted by atomic mass is 10.1. The topological polar surface area (TPSA) is 41.1 Å². The maximum Gasteiger partial charge on any atom is 0.315 e. The predicted octanol–water partition coefficient (Wildman–Crippen LogP) is 1.32. The number of hydrogen-bond acceptors (Lipinski definition) is 1. The fourth-order valence-electron chi connectivity index (χ4n) is 1.39. The first-order valence-corrected chi connectivity index (χ1v) is 4.16. The molecule has 0 saturated carbocycles. The Morgan fingerprint density at radius 3 is 2.64 bits per heavy atom. The molecule has 2 rings (SSSR count). The van der Waals surface area contributed by atoms with Crippen LogP contribution >= 0.6 is 0 Å². The van der Waals surface area contributed by atoms with E-state index in [2.05, 4.69) is 10.6 Å². The van der Waals surface area contributed by atoms with Gasteiger partial charge in [-0.3, -0.25) is 0 Å². The van der Waals surface area contributed by atoms with Crippen molar-refractivity contribution >= 4 is 6.03 Å². The highest BCUT2D eigenvalue weighted by Crippen LogP contribution is 2.17. The van der Waals surface area contributed by atoms with Crippen LogP contribution in [0.2, 0.25) is 0 Å².